The Labute approximate surface area is 147 Å². The van der Waals surface area contributed by atoms with Crippen molar-refractivity contribution in [3.8, 4) is 17.2 Å². The number of esters is 1. The van der Waals surface area contributed by atoms with E-state index in [4.69, 9.17) is 9.47 Å². The van der Waals surface area contributed by atoms with Crippen LogP contribution >= 0.6 is 0 Å². The molecule has 0 saturated carbocycles. The number of H-pyrrole nitrogens is 1. The number of aromatic hydroxyl groups is 2. The average Bonchev–Trinajstić information content (AvgIpc) is 3.16. The molecule has 0 aliphatic carbocycles. The van der Waals surface area contributed by atoms with Crippen LogP contribution in [0.25, 0.3) is 17.0 Å². The number of methoxy groups -OCH3 is 1. The van der Waals surface area contributed by atoms with Crippen LogP contribution in [0.3, 0.4) is 0 Å². The van der Waals surface area contributed by atoms with Gasteiger partial charge in [0.05, 0.1) is 12.7 Å². The zero-order chi connectivity index (χ0) is 18.4. The number of benzene rings is 2. The summed E-state index contributed by atoms with van der Waals surface area (Å²) in [4.78, 5) is 27.6. The van der Waals surface area contributed by atoms with E-state index in [9.17, 15) is 19.8 Å². The number of hydrogen-bond acceptors (Lipinski definition) is 6. The Morgan fingerprint density at radius 2 is 2.08 bits per heavy atom. The largest absolute Gasteiger partial charge is 0.508 e. The van der Waals surface area contributed by atoms with E-state index in [0.29, 0.717) is 22.0 Å². The summed E-state index contributed by atoms with van der Waals surface area (Å²) >= 11 is 0. The number of carbonyl (C=O) groups is 2. The smallest absolute Gasteiger partial charge is 0.338 e. The number of carbonyl (C=O) groups excluding carboxylic acids is 2. The summed E-state index contributed by atoms with van der Waals surface area (Å²) in [5, 5.41) is 20.0. The lowest BCUT2D eigenvalue weighted by atomic mass is 10.0. The van der Waals surface area contributed by atoms with Crippen LogP contribution in [0.15, 0.2) is 42.3 Å². The second kappa shape index (κ2) is 5.66. The van der Waals surface area contributed by atoms with E-state index in [2.05, 4.69) is 4.98 Å². The highest BCUT2D eigenvalue weighted by Crippen LogP contribution is 2.41. The summed E-state index contributed by atoms with van der Waals surface area (Å²) < 4.78 is 10.3. The molecule has 7 heteroatoms. The van der Waals surface area contributed by atoms with Gasteiger partial charge in [0.25, 0.3) is 0 Å². The molecule has 0 spiro atoms. The molecule has 0 bridgehead atoms. The molecule has 26 heavy (non-hydrogen) atoms. The van der Waals surface area contributed by atoms with Crippen LogP contribution < -0.4 is 4.74 Å². The van der Waals surface area contributed by atoms with Crippen molar-refractivity contribution in [1.82, 2.24) is 4.98 Å². The van der Waals surface area contributed by atoms with E-state index in [1.54, 1.807) is 24.4 Å². The Balaban J connectivity index is 1.85. The summed E-state index contributed by atoms with van der Waals surface area (Å²) in [6.45, 7) is 0. The normalized spacial score (nSPS) is 14.5. The standard InChI is InChI=1S/C19H13NO6/c1-25-19(24)11-3-2-4-12-16(11)9(8-20-12)5-15-18(23)17-13(22)6-10(21)7-14(17)26-15/h2-8,20-22H,1H3. The van der Waals surface area contributed by atoms with Crippen LogP contribution in [0.5, 0.6) is 17.2 Å². The number of phenols is 2. The Bertz CT molecular complexity index is 1110. The Morgan fingerprint density at radius 1 is 1.27 bits per heavy atom. The van der Waals surface area contributed by atoms with Crippen LogP contribution in [0.1, 0.15) is 26.3 Å². The number of allylic oxidation sites excluding steroid dienone is 1. The molecule has 7 nitrogen and oxygen atoms in total. The van der Waals surface area contributed by atoms with E-state index in [1.807, 2.05) is 0 Å². The van der Waals surface area contributed by atoms with Gasteiger partial charge in [0.2, 0.25) is 5.78 Å². The van der Waals surface area contributed by atoms with E-state index in [-0.39, 0.29) is 28.6 Å². The van der Waals surface area contributed by atoms with Crippen molar-refractivity contribution in [2.45, 2.75) is 0 Å². The Morgan fingerprint density at radius 3 is 2.85 bits per heavy atom. The van der Waals surface area contributed by atoms with Crippen LogP contribution in [-0.4, -0.2) is 34.1 Å². The van der Waals surface area contributed by atoms with Crippen molar-refractivity contribution in [3.63, 3.8) is 0 Å². The second-order valence-electron chi connectivity index (χ2n) is 5.74. The first kappa shape index (κ1) is 15.8. The number of nitrogens with one attached hydrogen (secondary N) is 1. The van der Waals surface area contributed by atoms with Gasteiger partial charge in [-0.2, -0.15) is 0 Å². The number of aromatic amines is 1. The Kier molecular flexibility index (Phi) is 3.43. The van der Waals surface area contributed by atoms with Gasteiger partial charge in [0.1, 0.15) is 22.8 Å². The molecule has 0 atom stereocenters. The molecule has 3 N–H and O–H groups in total. The molecule has 0 saturated heterocycles. The highest BCUT2D eigenvalue weighted by Gasteiger charge is 2.31. The third kappa shape index (κ3) is 2.29. The molecule has 1 aromatic heterocycles. The van der Waals surface area contributed by atoms with Gasteiger partial charge in [0, 0.05) is 34.8 Å². The predicted octanol–water partition coefficient (Wildman–Crippen LogP) is 2.98. The molecule has 130 valence electrons. The van der Waals surface area contributed by atoms with Crippen LogP contribution in [-0.2, 0) is 4.74 Å². The molecule has 0 fully saturated rings. The molecule has 0 amide bonds. The van der Waals surface area contributed by atoms with Crippen molar-refractivity contribution >= 4 is 28.7 Å². The van der Waals surface area contributed by atoms with E-state index >= 15 is 0 Å². The number of fused-ring (bicyclic) bond motifs is 2. The first-order chi connectivity index (χ1) is 12.5. The summed E-state index contributed by atoms with van der Waals surface area (Å²) in [5.74, 6) is -1.53. The van der Waals surface area contributed by atoms with Crippen molar-refractivity contribution < 1.29 is 29.3 Å². The van der Waals surface area contributed by atoms with Gasteiger partial charge in [0.15, 0.2) is 5.76 Å². The molecular formula is C19H13NO6. The summed E-state index contributed by atoms with van der Waals surface area (Å²) in [6.07, 6.45) is 3.12. The molecule has 4 rings (SSSR count). The Hall–Kier alpha value is -3.74. The summed E-state index contributed by atoms with van der Waals surface area (Å²) in [5.41, 5.74) is 1.59. The zero-order valence-corrected chi connectivity index (χ0v) is 13.6. The highest BCUT2D eigenvalue weighted by molar-refractivity contribution is 6.17. The average molecular weight is 351 g/mol. The molecule has 0 radical (unpaired) electrons. The third-order valence-electron chi connectivity index (χ3n) is 4.17. The molecule has 1 aliphatic heterocycles. The van der Waals surface area contributed by atoms with Gasteiger partial charge in [-0.05, 0) is 18.2 Å². The van der Waals surface area contributed by atoms with E-state index in [0.717, 1.165) is 6.07 Å². The first-order valence-electron chi connectivity index (χ1n) is 7.68. The quantitative estimate of drug-likeness (QED) is 0.484. The predicted molar refractivity (Wildman–Crippen MR) is 92.3 cm³/mol. The van der Waals surface area contributed by atoms with E-state index < -0.39 is 11.8 Å². The first-order valence-corrected chi connectivity index (χ1v) is 7.68. The number of ketones is 1. The lowest BCUT2D eigenvalue weighted by Crippen LogP contribution is -2.02. The highest BCUT2D eigenvalue weighted by atomic mass is 16.5. The van der Waals surface area contributed by atoms with Crippen molar-refractivity contribution in [2.75, 3.05) is 7.11 Å². The monoisotopic (exact) mass is 351 g/mol. The van der Waals surface area contributed by atoms with Crippen LogP contribution in [0.4, 0.5) is 0 Å². The van der Waals surface area contributed by atoms with Gasteiger partial charge >= 0.3 is 5.97 Å². The van der Waals surface area contributed by atoms with Gasteiger partial charge in [-0.25, -0.2) is 4.79 Å². The summed E-state index contributed by atoms with van der Waals surface area (Å²) in [6, 6.07) is 7.46. The maximum absolute atomic E-state index is 12.5. The SMILES string of the molecule is COC(=O)c1cccc2[nH]cc(C=C3Oc4cc(O)cc(O)c4C3=O)c12. The van der Waals surface area contributed by atoms with Gasteiger partial charge in [-0.15, -0.1) is 0 Å². The lowest BCUT2D eigenvalue weighted by Gasteiger charge is -2.03. The van der Waals surface area contributed by atoms with Crippen molar-refractivity contribution in [3.05, 3.63) is 59.0 Å². The number of ether oxygens (including phenoxy) is 2. The summed E-state index contributed by atoms with van der Waals surface area (Å²) in [7, 11) is 1.29. The maximum Gasteiger partial charge on any atom is 0.338 e. The fourth-order valence-corrected chi connectivity index (χ4v) is 3.02. The number of Topliss-reactive ketones (excluding diaryl/α,β-unsaturated/α-hetero) is 1. The number of rotatable bonds is 2. The molecule has 0 unspecified atom stereocenters. The van der Waals surface area contributed by atoms with Crippen molar-refractivity contribution in [2.24, 2.45) is 0 Å². The fourth-order valence-electron chi connectivity index (χ4n) is 3.02. The van der Waals surface area contributed by atoms with Crippen molar-refractivity contribution in [1.29, 1.82) is 0 Å². The van der Waals surface area contributed by atoms with E-state index in [1.165, 1.54) is 19.3 Å². The molecular weight excluding hydrogens is 338 g/mol. The lowest BCUT2D eigenvalue weighted by molar-refractivity contribution is 0.0603. The second-order valence-corrected chi connectivity index (χ2v) is 5.74. The van der Waals surface area contributed by atoms with Crippen LogP contribution in [0.2, 0.25) is 0 Å². The third-order valence-corrected chi connectivity index (χ3v) is 4.17. The zero-order valence-electron chi connectivity index (χ0n) is 13.6. The number of aromatic nitrogens is 1. The minimum absolute atomic E-state index is 0.0120. The molecule has 3 aromatic rings. The molecule has 2 aromatic carbocycles. The number of phenolic OH excluding ortho intramolecular Hbond substituents is 2. The van der Waals surface area contributed by atoms with Gasteiger partial charge in [-0.1, -0.05) is 6.07 Å². The van der Waals surface area contributed by atoms with Gasteiger partial charge < -0.3 is 24.7 Å². The topological polar surface area (TPSA) is 109 Å². The minimum atomic E-state index is -0.512. The number of hydrogen-bond donors (Lipinski definition) is 3. The molecule has 1 aliphatic rings. The van der Waals surface area contributed by atoms with Gasteiger partial charge in [-0.3, -0.25) is 4.79 Å². The fraction of sp³-hybridized carbons (Fsp3) is 0.0526. The minimum Gasteiger partial charge on any atom is -0.508 e. The molecule has 2 heterocycles. The van der Waals surface area contributed by atoms with Crippen LogP contribution in [0, 0.1) is 0 Å². The maximum atomic E-state index is 12.5.